The maximum atomic E-state index is 15.6. The van der Waals surface area contributed by atoms with Crippen molar-refractivity contribution in [2.45, 2.75) is 230 Å². The molecule has 6 fully saturated rings. The van der Waals surface area contributed by atoms with E-state index in [2.05, 4.69) is 9.88 Å². The quantitative estimate of drug-likeness (QED) is 0.0984. The van der Waals surface area contributed by atoms with Crippen LogP contribution in [0.1, 0.15) is 139 Å². The monoisotopic (exact) mass is 1290 g/mol. The van der Waals surface area contributed by atoms with Crippen molar-refractivity contribution in [2.24, 2.45) is 23.7 Å². The fourth-order valence-corrected chi connectivity index (χ4v) is 15.1. The molecule has 1 aliphatic carbocycles. The SMILES string of the molecule is CC[C@H]1OC(=O)[C@H](C)[C@@H](O[C@H]2C[C@@](C)(OC)[C@@H](O)[C@H](C)O2)[C@H](C)[C@@H](O[C@@H]2O[C@H](C)C[C@H](N(C)C(=O)N3CCOCC3)[C@H]2O)[C@](C)(OC)C[C@@H](C)C(=O)[C@H](C)[C@@H]2N(CCCCN(Cc3c(Cl)cncc3Cl)c3ccc(OC)c(OC4CCCC4)c3)C(=O)O[C@@]21C. The van der Waals surface area contributed by atoms with Crippen LogP contribution in [0.2, 0.25) is 10.0 Å². The number of unbranched alkanes of at least 4 members (excludes halogenated alkanes) is 1. The minimum atomic E-state index is -1.53. The molecule has 0 bridgehead atoms. The van der Waals surface area contributed by atoms with Crippen LogP contribution in [0, 0.1) is 23.7 Å². The molecule has 1 aromatic heterocycles. The van der Waals surface area contributed by atoms with Gasteiger partial charge in [-0.2, -0.15) is 0 Å². The molecule has 22 nitrogen and oxygen atoms in total. The summed E-state index contributed by atoms with van der Waals surface area (Å²) in [4.78, 5) is 70.8. The van der Waals surface area contributed by atoms with Crippen molar-refractivity contribution in [3.8, 4) is 11.5 Å². The second-order valence-corrected chi connectivity index (χ2v) is 27.1. The van der Waals surface area contributed by atoms with Crippen molar-refractivity contribution in [1.82, 2.24) is 19.7 Å². The Kier molecular flexibility index (Phi) is 23.9. The van der Waals surface area contributed by atoms with Crippen molar-refractivity contribution < 1.29 is 81.5 Å². The lowest BCUT2D eigenvalue weighted by Gasteiger charge is -2.50. The Morgan fingerprint density at radius 3 is 2.18 bits per heavy atom. The molecule has 0 radical (unpaired) electrons. The lowest BCUT2D eigenvalue weighted by Crippen LogP contribution is -2.63. The highest BCUT2D eigenvalue weighted by Crippen LogP contribution is 2.46. The first-order chi connectivity index (χ1) is 42.2. The number of likely N-dealkylation sites (N-methyl/N-ethyl adjacent to an activating group) is 1. The highest BCUT2D eigenvalue weighted by molar-refractivity contribution is 6.35. The molecule has 0 spiro atoms. The van der Waals surface area contributed by atoms with Crippen molar-refractivity contribution in [3.05, 3.63) is 46.2 Å². The maximum absolute atomic E-state index is 15.6. The fraction of sp³-hybridized carbons (Fsp3) is 0.769. The Morgan fingerprint density at radius 1 is 0.865 bits per heavy atom. The molecule has 500 valence electrons. The highest BCUT2D eigenvalue weighted by Gasteiger charge is 2.61. The van der Waals surface area contributed by atoms with Crippen LogP contribution >= 0.6 is 23.2 Å². The van der Waals surface area contributed by atoms with Gasteiger partial charge in [0.2, 0.25) is 0 Å². The summed E-state index contributed by atoms with van der Waals surface area (Å²) in [6.45, 7) is 20.4. The van der Waals surface area contributed by atoms with Gasteiger partial charge in [0, 0.05) is 108 Å². The van der Waals surface area contributed by atoms with Crippen LogP contribution in [0.3, 0.4) is 0 Å². The van der Waals surface area contributed by atoms with Crippen molar-refractivity contribution in [1.29, 1.82) is 0 Å². The molecule has 5 saturated heterocycles. The van der Waals surface area contributed by atoms with Gasteiger partial charge in [0.05, 0.1) is 90.1 Å². The number of urea groups is 1. The number of amides is 3. The third-order valence-electron chi connectivity index (χ3n) is 20.0. The van der Waals surface area contributed by atoms with E-state index < -0.39 is 120 Å². The van der Waals surface area contributed by atoms with Gasteiger partial charge < -0.3 is 81.9 Å². The Hall–Kier alpha value is -4.33. The lowest BCUT2D eigenvalue weighted by molar-refractivity contribution is -0.319. The molecule has 6 heterocycles. The zero-order valence-electron chi connectivity index (χ0n) is 54.7. The summed E-state index contributed by atoms with van der Waals surface area (Å²) in [5.74, 6) is -3.25. The molecule has 8 rings (SSSR count). The van der Waals surface area contributed by atoms with Gasteiger partial charge in [0.25, 0.3) is 0 Å². The molecule has 2 N–H and O–H groups in total. The minimum absolute atomic E-state index is 0.0465. The third-order valence-corrected chi connectivity index (χ3v) is 20.7. The number of aromatic nitrogens is 1. The molecule has 3 amide bonds. The lowest BCUT2D eigenvalue weighted by atomic mass is 9.73. The van der Waals surface area contributed by atoms with Crippen LogP contribution < -0.4 is 14.4 Å². The van der Waals surface area contributed by atoms with Crippen LogP contribution in [-0.2, 0) is 58.8 Å². The molecule has 6 aliphatic rings. The van der Waals surface area contributed by atoms with E-state index in [0.717, 1.165) is 31.4 Å². The average molecular weight is 1290 g/mol. The third kappa shape index (κ3) is 15.5. The number of aliphatic hydroxyl groups excluding tert-OH is 2. The standard InChI is InChI=1S/C65H99Cl2N5O17/c1-15-51-65(10)56(72(62(78)89-65)25-19-18-24-71(36-45-46(66)34-68-35-47(45)67)43-22-23-49(79-12)50(31-43)85-44-20-16-17-21-44)39(4)53(73)37(2)32-64(9,81-14)58(88-60-54(74)48(30-38(3)83-60)69(11)61(77)70-26-28-82-29-27-70)40(5)55(41(6)59(76)86-51)87-52-33-63(8,80-13)57(75)42(7)84-52/h22-23,31,34-35,37-42,44,48,51-52,54-58,60,74-75H,15-21,24-30,32-33,36H2,1-14H3/t37-,38-,39+,40+,41-,42+,48+,51-,52+,54-,55+,56+,57+,58-,60+,63-,64-,65-/m1/s1. The molecule has 0 unspecified atom stereocenters. The number of Topliss-reactive ketones (excluding diaryl/α,β-unsaturated/α-hetero) is 1. The number of methoxy groups -OCH3 is 3. The summed E-state index contributed by atoms with van der Waals surface area (Å²) in [5, 5.41) is 24.5. The van der Waals surface area contributed by atoms with Crippen LogP contribution in [-0.4, -0.2) is 212 Å². The number of esters is 1. The van der Waals surface area contributed by atoms with E-state index in [-0.39, 0.29) is 43.7 Å². The number of carbonyl (C=O) groups is 4. The van der Waals surface area contributed by atoms with Gasteiger partial charge in [0.1, 0.15) is 24.1 Å². The number of pyridine rings is 1. The average Bonchev–Trinajstić information content (AvgIpc) is 1.83. The number of aliphatic hydroxyl groups is 2. The van der Waals surface area contributed by atoms with E-state index in [1.54, 1.807) is 71.0 Å². The number of cyclic esters (lactones) is 1. The number of halogens is 2. The normalized spacial score (nSPS) is 36.0. The van der Waals surface area contributed by atoms with Crippen LogP contribution in [0.25, 0.3) is 0 Å². The van der Waals surface area contributed by atoms with E-state index in [4.69, 9.17) is 75.3 Å². The van der Waals surface area contributed by atoms with Gasteiger partial charge in [-0.1, -0.05) is 50.9 Å². The summed E-state index contributed by atoms with van der Waals surface area (Å²) in [6, 6.07) is 3.89. The number of carbonyl (C=O) groups excluding carboxylic acids is 4. The Bertz CT molecular complexity index is 2710. The highest BCUT2D eigenvalue weighted by atomic mass is 35.5. The topological polar surface area (TPSA) is 236 Å². The number of hydrogen-bond donors (Lipinski definition) is 2. The number of fused-ring (bicyclic) bond motifs is 1. The molecule has 89 heavy (non-hydrogen) atoms. The first-order valence-electron chi connectivity index (χ1n) is 32.0. The second-order valence-electron chi connectivity index (χ2n) is 26.2. The first kappa shape index (κ1) is 70.5. The molecule has 18 atom stereocenters. The van der Waals surface area contributed by atoms with Crippen LogP contribution in [0.15, 0.2) is 30.6 Å². The van der Waals surface area contributed by atoms with E-state index in [1.807, 2.05) is 52.8 Å². The predicted octanol–water partition coefficient (Wildman–Crippen LogP) is 9.25. The molecule has 24 heteroatoms. The van der Waals surface area contributed by atoms with E-state index in [1.165, 1.54) is 19.1 Å². The first-order valence-corrected chi connectivity index (χ1v) is 32.8. The Labute approximate surface area is 536 Å². The van der Waals surface area contributed by atoms with E-state index in [0.29, 0.717) is 85.8 Å². The van der Waals surface area contributed by atoms with Crippen molar-refractivity contribution in [3.63, 3.8) is 0 Å². The summed E-state index contributed by atoms with van der Waals surface area (Å²) >= 11 is 13.5. The van der Waals surface area contributed by atoms with E-state index >= 15 is 9.59 Å². The van der Waals surface area contributed by atoms with Crippen molar-refractivity contribution in [2.75, 3.05) is 72.7 Å². The number of rotatable bonds is 19. The van der Waals surface area contributed by atoms with Gasteiger partial charge in [-0.3, -0.25) is 14.6 Å². The zero-order chi connectivity index (χ0) is 64.9. The summed E-state index contributed by atoms with van der Waals surface area (Å²) < 4.78 is 70.4. The van der Waals surface area contributed by atoms with Gasteiger partial charge >= 0.3 is 18.1 Å². The number of ketones is 1. The number of ether oxygens (including phenoxy) is 11. The molecule has 5 aliphatic heterocycles. The smallest absolute Gasteiger partial charge is 0.410 e. The number of nitrogens with zero attached hydrogens (tertiary/aromatic N) is 5. The zero-order valence-corrected chi connectivity index (χ0v) is 56.2. The largest absolute Gasteiger partial charge is 0.493 e. The van der Waals surface area contributed by atoms with Gasteiger partial charge in [-0.25, -0.2) is 9.59 Å². The Morgan fingerprint density at radius 2 is 1.54 bits per heavy atom. The molecule has 1 aromatic carbocycles. The van der Waals surface area contributed by atoms with Crippen LogP contribution in [0.5, 0.6) is 11.5 Å². The number of hydrogen-bond acceptors (Lipinski definition) is 19. The number of morpholine rings is 1. The summed E-state index contributed by atoms with van der Waals surface area (Å²) in [6.07, 6.45) is -1.05. The second kappa shape index (κ2) is 30.2. The number of anilines is 1. The summed E-state index contributed by atoms with van der Waals surface area (Å²) in [7, 11) is 6.30. The summed E-state index contributed by atoms with van der Waals surface area (Å²) in [5.41, 5.74) is -2.52. The number of benzene rings is 1. The van der Waals surface area contributed by atoms with Gasteiger partial charge in [-0.15, -0.1) is 0 Å². The van der Waals surface area contributed by atoms with Gasteiger partial charge in [0.15, 0.2) is 29.7 Å². The predicted molar refractivity (Wildman–Crippen MR) is 332 cm³/mol. The maximum Gasteiger partial charge on any atom is 0.410 e. The minimum Gasteiger partial charge on any atom is -0.493 e. The fourth-order valence-electron chi connectivity index (χ4n) is 14.7. The molecular formula is C65H99Cl2N5O17. The van der Waals surface area contributed by atoms with E-state index in [9.17, 15) is 19.8 Å². The van der Waals surface area contributed by atoms with Gasteiger partial charge in [-0.05, 0) is 111 Å². The Balaban J connectivity index is 1.12. The van der Waals surface area contributed by atoms with Crippen molar-refractivity contribution >= 4 is 52.8 Å². The molecule has 2 aromatic rings. The molecular weight excluding hydrogens is 1190 g/mol. The molecule has 1 saturated carbocycles. The van der Waals surface area contributed by atoms with Crippen LogP contribution in [0.4, 0.5) is 15.3 Å².